The van der Waals surface area contributed by atoms with Gasteiger partial charge in [0.15, 0.2) is 24.4 Å². The molecule has 6 nitrogen and oxygen atoms in total. The van der Waals surface area contributed by atoms with E-state index in [1.807, 2.05) is 46.7 Å². The highest BCUT2D eigenvalue weighted by Crippen LogP contribution is 2.10. The summed E-state index contributed by atoms with van der Waals surface area (Å²) >= 11 is 0. The van der Waals surface area contributed by atoms with E-state index in [1.165, 1.54) is 0 Å². The van der Waals surface area contributed by atoms with Crippen LogP contribution in [0.15, 0.2) is 55.1 Å². The van der Waals surface area contributed by atoms with Gasteiger partial charge < -0.3 is 22.5 Å². The van der Waals surface area contributed by atoms with Gasteiger partial charge in [0, 0.05) is 19.0 Å². The molecule has 24 heavy (non-hydrogen) atoms. The molecule has 0 aliphatic heterocycles. The molecule has 2 heterocycles. The molecule has 126 valence electrons. The van der Waals surface area contributed by atoms with Crippen molar-refractivity contribution in [2.45, 2.75) is 20.3 Å². The number of halogens is 1. The van der Waals surface area contributed by atoms with Crippen LogP contribution in [0.2, 0.25) is 0 Å². The Bertz CT molecular complexity index is 805. The number of hydrogen-bond acceptors (Lipinski definition) is 3. The van der Waals surface area contributed by atoms with E-state index in [-0.39, 0.29) is 18.3 Å². The van der Waals surface area contributed by atoms with Gasteiger partial charge in [0.1, 0.15) is 0 Å². The number of pyridine rings is 1. The molecule has 0 aliphatic rings. The fraction of sp³-hybridized carbons (Fsp3) is 0.235. The number of para-hydroxylation sites is 2. The summed E-state index contributed by atoms with van der Waals surface area (Å²) in [5.74, 6) is -0.146. The van der Waals surface area contributed by atoms with Crippen LogP contribution in [0, 0.1) is 0 Å². The second kappa shape index (κ2) is 8.42. The Balaban J connectivity index is 0.00000208. The zero-order valence-electron chi connectivity index (χ0n) is 13.4. The number of benzene rings is 1. The van der Waals surface area contributed by atoms with Gasteiger partial charge in [-0.25, -0.2) is 9.13 Å². The van der Waals surface area contributed by atoms with Gasteiger partial charge in [-0.05, 0) is 31.2 Å². The summed E-state index contributed by atoms with van der Waals surface area (Å²) in [5, 5.41) is 2.91. The molecular formula is C17H19ClN4O2. The van der Waals surface area contributed by atoms with Crippen LogP contribution in [0.1, 0.15) is 17.3 Å². The Kier molecular flexibility index (Phi) is 6.28. The number of imidazole rings is 1. The van der Waals surface area contributed by atoms with Crippen LogP contribution < -0.4 is 22.3 Å². The first-order valence-electron chi connectivity index (χ1n) is 7.53. The minimum Gasteiger partial charge on any atom is -1.00 e. The van der Waals surface area contributed by atoms with Crippen molar-refractivity contribution in [1.82, 2.24) is 14.9 Å². The maximum Gasteiger partial charge on any atom is 0.255 e. The Morgan fingerprint density at radius 1 is 1.29 bits per heavy atom. The minimum absolute atomic E-state index is 0. The van der Waals surface area contributed by atoms with Crippen molar-refractivity contribution in [3.8, 4) is 0 Å². The molecule has 0 saturated carbocycles. The number of carbonyl (C=O) groups excluding carboxylic acids is 1. The first-order chi connectivity index (χ1) is 11.3. The Morgan fingerprint density at radius 2 is 2.12 bits per heavy atom. The van der Waals surface area contributed by atoms with Crippen molar-refractivity contribution in [3.05, 3.63) is 60.7 Å². The molecule has 3 aromatic rings. The van der Waals surface area contributed by atoms with Gasteiger partial charge >= 0.3 is 0 Å². The van der Waals surface area contributed by atoms with Crippen molar-refractivity contribution < 1.29 is 26.5 Å². The Labute approximate surface area is 146 Å². The molecule has 0 bridgehead atoms. The zero-order chi connectivity index (χ0) is 16.1. The SMILES string of the molecule is CCOCn1c[n+](CNC(=O)c2cccnc2)c2ccccc21.[Cl-]. The van der Waals surface area contributed by atoms with E-state index in [4.69, 9.17) is 4.74 Å². The fourth-order valence-corrected chi connectivity index (χ4v) is 2.42. The van der Waals surface area contributed by atoms with Crippen LogP contribution in [0.25, 0.3) is 11.0 Å². The number of rotatable bonds is 6. The van der Waals surface area contributed by atoms with Crippen LogP contribution in [0.4, 0.5) is 0 Å². The highest BCUT2D eigenvalue weighted by atomic mass is 35.5. The topological polar surface area (TPSA) is 60.0 Å². The van der Waals surface area contributed by atoms with Crippen LogP contribution >= 0.6 is 0 Å². The molecule has 0 spiro atoms. The summed E-state index contributed by atoms with van der Waals surface area (Å²) in [6.07, 6.45) is 5.15. The Hall–Kier alpha value is -2.44. The molecule has 1 amide bonds. The van der Waals surface area contributed by atoms with Crippen molar-refractivity contribution in [2.24, 2.45) is 0 Å². The summed E-state index contributed by atoms with van der Waals surface area (Å²) in [7, 11) is 0. The molecule has 1 N–H and O–H groups in total. The number of nitrogens with zero attached hydrogens (tertiary/aromatic N) is 3. The van der Waals surface area contributed by atoms with E-state index in [2.05, 4.69) is 10.3 Å². The quantitative estimate of drug-likeness (QED) is 0.565. The lowest BCUT2D eigenvalue weighted by Gasteiger charge is -2.02. The third kappa shape index (κ3) is 3.90. The zero-order valence-corrected chi connectivity index (χ0v) is 14.1. The molecule has 3 rings (SSSR count). The summed E-state index contributed by atoms with van der Waals surface area (Å²) in [6, 6.07) is 11.5. The summed E-state index contributed by atoms with van der Waals surface area (Å²) in [6.45, 7) is 3.49. The number of amides is 1. The van der Waals surface area contributed by atoms with Gasteiger partial charge in [0.25, 0.3) is 5.91 Å². The molecule has 0 saturated heterocycles. The van der Waals surface area contributed by atoms with Gasteiger partial charge in [-0.3, -0.25) is 9.78 Å². The van der Waals surface area contributed by atoms with Crippen LogP contribution in [0.3, 0.4) is 0 Å². The molecule has 0 unspecified atom stereocenters. The number of aromatic nitrogens is 3. The second-order valence-electron chi connectivity index (χ2n) is 5.07. The predicted molar refractivity (Wildman–Crippen MR) is 85.5 cm³/mol. The standard InChI is InChI=1S/C17H18N4O2.ClH/c1-2-23-13-21-12-20(15-7-3-4-8-16(15)21)11-19-17(22)14-6-5-9-18-10-14;/h3-10,12H,2,11,13H2,1H3;1H. The highest BCUT2D eigenvalue weighted by molar-refractivity contribution is 5.93. The van der Waals surface area contributed by atoms with Crippen molar-refractivity contribution in [2.75, 3.05) is 6.61 Å². The number of nitrogens with one attached hydrogen (secondary N) is 1. The van der Waals surface area contributed by atoms with Gasteiger partial charge in [0.2, 0.25) is 6.33 Å². The van der Waals surface area contributed by atoms with Gasteiger partial charge in [-0.2, -0.15) is 0 Å². The largest absolute Gasteiger partial charge is 1.00 e. The number of carbonyl (C=O) groups is 1. The van der Waals surface area contributed by atoms with Crippen molar-refractivity contribution in [3.63, 3.8) is 0 Å². The highest BCUT2D eigenvalue weighted by Gasteiger charge is 2.15. The summed E-state index contributed by atoms with van der Waals surface area (Å²) in [4.78, 5) is 16.1. The lowest BCUT2D eigenvalue weighted by Crippen LogP contribution is -3.00. The maximum atomic E-state index is 12.1. The maximum absolute atomic E-state index is 12.1. The molecule has 2 aromatic heterocycles. The van der Waals surface area contributed by atoms with Gasteiger partial charge in [-0.15, -0.1) is 0 Å². The first-order valence-corrected chi connectivity index (χ1v) is 7.53. The predicted octanol–water partition coefficient (Wildman–Crippen LogP) is -1.29. The van der Waals surface area contributed by atoms with Crippen LogP contribution in [-0.2, 0) is 18.1 Å². The number of ether oxygens (including phenoxy) is 1. The number of fused-ring (bicyclic) bond motifs is 1. The normalized spacial score (nSPS) is 10.4. The average molecular weight is 347 g/mol. The monoisotopic (exact) mass is 346 g/mol. The van der Waals surface area contributed by atoms with E-state index in [9.17, 15) is 4.79 Å². The van der Waals surface area contributed by atoms with E-state index in [1.54, 1.807) is 24.5 Å². The molecule has 7 heteroatoms. The van der Waals surface area contributed by atoms with E-state index < -0.39 is 0 Å². The number of hydrogen-bond donors (Lipinski definition) is 1. The van der Waals surface area contributed by atoms with Crippen LogP contribution in [0.5, 0.6) is 0 Å². The smallest absolute Gasteiger partial charge is 0.255 e. The Morgan fingerprint density at radius 3 is 2.88 bits per heavy atom. The van der Waals surface area contributed by atoms with E-state index in [0.717, 1.165) is 11.0 Å². The minimum atomic E-state index is -0.146. The third-order valence-corrected chi connectivity index (χ3v) is 3.55. The van der Waals surface area contributed by atoms with E-state index in [0.29, 0.717) is 25.6 Å². The van der Waals surface area contributed by atoms with Gasteiger partial charge in [-0.1, -0.05) is 12.1 Å². The lowest BCUT2D eigenvalue weighted by molar-refractivity contribution is -0.675. The van der Waals surface area contributed by atoms with Gasteiger partial charge in [0.05, 0.1) is 5.56 Å². The molecule has 1 aromatic carbocycles. The molecule has 0 fully saturated rings. The second-order valence-corrected chi connectivity index (χ2v) is 5.07. The third-order valence-electron chi connectivity index (χ3n) is 3.55. The molecular weight excluding hydrogens is 328 g/mol. The summed E-state index contributed by atoms with van der Waals surface area (Å²) < 4.78 is 9.50. The average Bonchev–Trinajstić information content (AvgIpc) is 2.96. The fourth-order valence-electron chi connectivity index (χ4n) is 2.42. The van der Waals surface area contributed by atoms with E-state index >= 15 is 0 Å². The molecule has 0 aliphatic carbocycles. The molecule has 0 radical (unpaired) electrons. The molecule has 0 atom stereocenters. The lowest BCUT2D eigenvalue weighted by atomic mass is 10.3. The summed E-state index contributed by atoms with van der Waals surface area (Å²) in [5.41, 5.74) is 2.65. The first kappa shape index (κ1) is 17.9. The van der Waals surface area contributed by atoms with Crippen LogP contribution in [-0.4, -0.2) is 22.1 Å². The van der Waals surface area contributed by atoms with Crippen molar-refractivity contribution in [1.29, 1.82) is 0 Å². The van der Waals surface area contributed by atoms with Crippen molar-refractivity contribution >= 4 is 16.9 Å².